The Hall–Kier alpha value is -2.74. The van der Waals surface area contributed by atoms with Crippen molar-refractivity contribution in [1.82, 2.24) is 5.43 Å². The van der Waals surface area contributed by atoms with Crippen LogP contribution in [0.3, 0.4) is 0 Å². The summed E-state index contributed by atoms with van der Waals surface area (Å²) in [5, 5.41) is 2.26. The van der Waals surface area contributed by atoms with Gasteiger partial charge >= 0.3 is 0 Å². The van der Waals surface area contributed by atoms with Crippen molar-refractivity contribution in [3.05, 3.63) is 88.1 Å². The molecule has 0 unspecified atom stereocenters. The van der Waals surface area contributed by atoms with E-state index in [0.29, 0.717) is 11.8 Å². The molecule has 1 aliphatic rings. The Bertz CT molecular complexity index is 1220. The van der Waals surface area contributed by atoms with Crippen LogP contribution in [0.4, 0.5) is 5.69 Å². The van der Waals surface area contributed by atoms with Crippen LogP contribution in [0.1, 0.15) is 129 Å². The highest BCUT2D eigenvalue weighted by molar-refractivity contribution is 5.91. The van der Waals surface area contributed by atoms with Crippen LogP contribution < -0.4 is 10.4 Å². The lowest BCUT2D eigenvalue weighted by Crippen LogP contribution is -2.42. The monoisotopic (exact) mass is 512 g/mol. The minimum Gasteiger partial charge on any atom is -0.293 e. The normalized spacial score (nSPS) is 14.8. The third-order valence-corrected chi connectivity index (χ3v) is 8.14. The first-order valence-electron chi connectivity index (χ1n) is 14.5. The quantitative estimate of drug-likeness (QED) is 0.378. The number of rotatable bonds is 8. The molecular weight excluding hydrogens is 460 g/mol. The van der Waals surface area contributed by atoms with E-state index in [9.17, 15) is 0 Å². The van der Waals surface area contributed by atoms with E-state index in [1.54, 1.807) is 0 Å². The van der Waals surface area contributed by atoms with Gasteiger partial charge in [0.25, 0.3) is 0 Å². The molecule has 1 heterocycles. The van der Waals surface area contributed by atoms with Crippen LogP contribution in [0.25, 0.3) is 11.3 Å². The number of benzene rings is 2. The van der Waals surface area contributed by atoms with Crippen LogP contribution in [-0.2, 0) is 6.42 Å². The molecule has 0 radical (unpaired) electrons. The van der Waals surface area contributed by atoms with Gasteiger partial charge in [-0.1, -0.05) is 106 Å². The minimum absolute atomic E-state index is 0.0464. The summed E-state index contributed by atoms with van der Waals surface area (Å²) >= 11 is 0. The van der Waals surface area contributed by atoms with Crippen molar-refractivity contribution in [2.45, 2.75) is 108 Å². The maximum Gasteiger partial charge on any atom is 0.0706 e. The molecule has 206 valence electrons. The van der Waals surface area contributed by atoms with Gasteiger partial charge in [-0.25, -0.2) is 0 Å². The molecule has 0 amide bonds. The van der Waals surface area contributed by atoms with Crippen LogP contribution in [0.5, 0.6) is 0 Å². The number of fused-ring (bicyclic) bond motifs is 1. The van der Waals surface area contributed by atoms with Crippen molar-refractivity contribution in [3.63, 3.8) is 0 Å². The maximum atomic E-state index is 4.76. The topological polar surface area (TPSA) is 15.3 Å². The lowest BCUT2D eigenvalue weighted by atomic mass is 9.77. The summed E-state index contributed by atoms with van der Waals surface area (Å²) in [4.78, 5) is 0. The summed E-state index contributed by atoms with van der Waals surface area (Å²) in [6.45, 7) is 32.3. The van der Waals surface area contributed by atoms with E-state index >= 15 is 0 Å². The molecule has 3 rings (SSSR count). The van der Waals surface area contributed by atoms with E-state index in [2.05, 4.69) is 136 Å². The molecule has 2 nitrogen and oxygen atoms in total. The largest absolute Gasteiger partial charge is 0.293 e. The SMILES string of the molecule is C=C(c1c(C(C)C)cccc1C(C)C)N1NC(/C(=C\C)C(C)(C)CC)=C(C)c2cc(CC(C)(C)C)ccc21. The van der Waals surface area contributed by atoms with Gasteiger partial charge in [0.05, 0.1) is 17.1 Å². The molecule has 0 atom stereocenters. The Labute approximate surface area is 233 Å². The minimum atomic E-state index is 0.0464. The number of hydrazine groups is 1. The van der Waals surface area contributed by atoms with Gasteiger partial charge in [0.2, 0.25) is 0 Å². The molecule has 0 saturated heterocycles. The van der Waals surface area contributed by atoms with Gasteiger partial charge in [0.1, 0.15) is 0 Å². The predicted molar refractivity (Wildman–Crippen MR) is 169 cm³/mol. The molecule has 38 heavy (non-hydrogen) atoms. The van der Waals surface area contributed by atoms with Crippen molar-refractivity contribution >= 4 is 17.0 Å². The van der Waals surface area contributed by atoms with E-state index in [1.165, 1.54) is 50.3 Å². The Morgan fingerprint density at radius 1 is 0.974 bits per heavy atom. The zero-order valence-electron chi connectivity index (χ0n) is 26.3. The molecule has 0 spiro atoms. The Morgan fingerprint density at radius 2 is 1.55 bits per heavy atom. The van der Waals surface area contributed by atoms with Crippen molar-refractivity contribution in [1.29, 1.82) is 0 Å². The number of anilines is 1. The molecule has 0 fully saturated rings. The van der Waals surface area contributed by atoms with E-state index in [0.717, 1.165) is 18.5 Å². The summed E-state index contributed by atoms with van der Waals surface area (Å²) in [6.07, 6.45) is 4.40. The van der Waals surface area contributed by atoms with E-state index in [1.807, 2.05) is 0 Å². The molecule has 2 aromatic rings. The lowest BCUT2D eigenvalue weighted by molar-refractivity contribution is 0.411. The fraction of sp³-hybridized carbons (Fsp3) is 0.500. The zero-order valence-corrected chi connectivity index (χ0v) is 26.3. The van der Waals surface area contributed by atoms with Crippen LogP contribution in [0.2, 0.25) is 0 Å². The van der Waals surface area contributed by atoms with Crippen LogP contribution in [0.15, 0.2) is 60.3 Å². The number of allylic oxidation sites excluding steroid dienone is 3. The molecular formula is C36H52N2. The lowest BCUT2D eigenvalue weighted by Gasteiger charge is -2.41. The molecule has 2 heteroatoms. The van der Waals surface area contributed by atoms with Crippen molar-refractivity contribution in [2.24, 2.45) is 10.8 Å². The summed E-state index contributed by atoms with van der Waals surface area (Å²) in [5.41, 5.74) is 16.8. The molecule has 1 N–H and O–H groups in total. The van der Waals surface area contributed by atoms with Gasteiger partial charge in [0.15, 0.2) is 0 Å². The Morgan fingerprint density at radius 3 is 2.03 bits per heavy atom. The number of hydrogen-bond acceptors (Lipinski definition) is 2. The van der Waals surface area contributed by atoms with Crippen LogP contribution >= 0.6 is 0 Å². The smallest absolute Gasteiger partial charge is 0.0706 e. The number of nitrogens with one attached hydrogen (secondary N) is 1. The first-order valence-corrected chi connectivity index (χ1v) is 14.5. The Kier molecular flexibility index (Phi) is 8.76. The number of nitrogens with zero attached hydrogens (tertiary/aromatic N) is 1. The van der Waals surface area contributed by atoms with Gasteiger partial charge in [-0.15, -0.1) is 0 Å². The summed E-state index contributed by atoms with van der Waals surface area (Å²) in [5.74, 6) is 0.807. The van der Waals surface area contributed by atoms with Crippen LogP contribution in [-0.4, -0.2) is 0 Å². The van der Waals surface area contributed by atoms with Crippen molar-refractivity contribution < 1.29 is 0 Å². The second kappa shape index (κ2) is 11.2. The molecule has 0 saturated carbocycles. The first kappa shape index (κ1) is 29.8. The average molecular weight is 513 g/mol. The van der Waals surface area contributed by atoms with Crippen LogP contribution in [0, 0.1) is 10.8 Å². The third kappa shape index (κ3) is 5.95. The molecule has 1 aliphatic heterocycles. The highest BCUT2D eigenvalue weighted by Gasteiger charge is 2.32. The highest BCUT2D eigenvalue weighted by atomic mass is 15.5. The third-order valence-electron chi connectivity index (χ3n) is 8.14. The summed E-state index contributed by atoms with van der Waals surface area (Å²) in [6, 6.07) is 13.8. The van der Waals surface area contributed by atoms with Gasteiger partial charge < -0.3 is 0 Å². The zero-order chi connectivity index (χ0) is 28.6. The second-order valence-electron chi connectivity index (χ2n) is 13.5. The molecule has 0 aromatic heterocycles. The van der Waals surface area contributed by atoms with Gasteiger partial charge in [-0.3, -0.25) is 10.4 Å². The first-order chi connectivity index (χ1) is 17.6. The van der Waals surface area contributed by atoms with Gasteiger partial charge in [-0.05, 0) is 89.3 Å². The standard InChI is InChI=1S/C36H52N2/c1-14-31(36(12,13)15-2)34-25(7)30-21-27(22-35(9,10)11)19-20-32(30)38(37-34)26(8)33-28(23(3)4)17-16-18-29(33)24(5)6/h14,16-21,23-24,37H,8,15,22H2,1-7,9-13H3/b31-14+. The highest BCUT2D eigenvalue weighted by Crippen LogP contribution is 2.45. The van der Waals surface area contributed by atoms with E-state index < -0.39 is 0 Å². The fourth-order valence-corrected chi connectivity index (χ4v) is 5.73. The van der Waals surface area contributed by atoms with Gasteiger partial charge in [-0.2, -0.15) is 0 Å². The second-order valence-corrected chi connectivity index (χ2v) is 13.5. The van der Waals surface area contributed by atoms with Crippen molar-refractivity contribution in [2.75, 3.05) is 5.01 Å². The maximum absolute atomic E-state index is 4.76. The fourth-order valence-electron chi connectivity index (χ4n) is 5.73. The molecule has 2 aromatic carbocycles. The predicted octanol–water partition coefficient (Wildman–Crippen LogP) is 10.6. The Balaban J connectivity index is 2.30. The van der Waals surface area contributed by atoms with E-state index in [-0.39, 0.29) is 10.8 Å². The summed E-state index contributed by atoms with van der Waals surface area (Å²) < 4.78 is 0. The molecule has 0 bridgehead atoms. The van der Waals surface area contributed by atoms with Crippen molar-refractivity contribution in [3.8, 4) is 0 Å². The number of hydrogen-bond donors (Lipinski definition) is 1. The van der Waals surface area contributed by atoms with Gasteiger partial charge in [0, 0.05) is 11.1 Å². The average Bonchev–Trinajstić information content (AvgIpc) is 2.83. The summed E-state index contributed by atoms with van der Waals surface area (Å²) in [7, 11) is 0. The molecule has 0 aliphatic carbocycles. The van der Waals surface area contributed by atoms with E-state index in [4.69, 9.17) is 6.58 Å².